The molecule has 0 atom stereocenters. The van der Waals surface area contributed by atoms with Crippen LogP contribution >= 0.6 is 15.9 Å². The van der Waals surface area contributed by atoms with E-state index in [9.17, 15) is 8.42 Å². The van der Waals surface area contributed by atoms with Crippen LogP contribution in [0, 0.1) is 5.92 Å². The van der Waals surface area contributed by atoms with E-state index in [0.29, 0.717) is 5.82 Å². The first-order chi connectivity index (χ1) is 7.33. The SMILES string of the molecule is CC(C)CS(=O)(=O)N(C)c1cc(Br)ccn1. The van der Waals surface area contributed by atoms with Crippen molar-refractivity contribution in [2.75, 3.05) is 17.1 Å². The van der Waals surface area contributed by atoms with Crippen LogP contribution in [0.1, 0.15) is 13.8 Å². The Morgan fingerprint density at radius 3 is 2.62 bits per heavy atom. The summed E-state index contributed by atoms with van der Waals surface area (Å²) in [7, 11) is -1.76. The van der Waals surface area contributed by atoms with E-state index in [1.165, 1.54) is 11.4 Å². The number of aromatic nitrogens is 1. The molecule has 1 rings (SSSR count). The van der Waals surface area contributed by atoms with E-state index in [1.807, 2.05) is 13.8 Å². The monoisotopic (exact) mass is 306 g/mol. The van der Waals surface area contributed by atoms with Gasteiger partial charge in [-0.1, -0.05) is 29.8 Å². The van der Waals surface area contributed by atoms with E-state index in [2.05, 4.69) is 20.9 Å². The molecule has 1 aromatic rings. The fourth-order valence-corrected chi connectivity index (χ4v) is 3.02. The summed E-state index contributed by atoms with van der Waals surface area (Å²) >= 11 is 3.29. The molecule has 0 fully saturated rings. The number of anilines is 1. The highest BCUT2D eigenvalue weighted by Gasteiger charge is 2.20. The summed E-state index contributed by atoms with van der Waals surface area (Å²) in [6.07, 6.45) is 1.57. The minimum Gasteiger partial charge on any atom is -0.257 e. The van der Waals surface area contributed by atoms with E-state index >= 15 is 0 Å². The zero-order chi connectivity index (χ0) is 12.3. The van der Waals surface area contributed by atoms with Gasteiger partial charge in [0, 0.05) is 17.7 Å². The molecule has 1 aromatic heterocycles. The Bertz CT molecular complexity index is 460. The average Bonchev–Trinajstić information content (AvgIpc) is 2.14. The fraction of sp³-hybridized carbons (Fsp3) is 0.500. The molecule has 6 heteroatoms. The molecule has 0 aliphatic carbocycles. The number of nitrogens with zero attached hydrogens (tertiary/aromatic N) is 2. The molecule has 0 aromatic carbocycles. The average molecular weight is 307 g/mol. The smallest absolute Gasteiger partial charge is 0.236 e. The molecule has 0 saturated heterocycles. The number of pyridine rings is 1. The van der Waals surface area contributed by atoms with Gasteiger partial charge in [-0.3, -0.25) is 4.31 Å². The number of hydrogen-bond acceptors (Lipinski definition) is 3. The van der Waals surface area contributed by atoms with Crippen LogP contribution in [0.3, 0.4) is 0 Å². The van der Waals surface area contributed by atoms with Crippen molar-refractivity contribution in [2.45, 2.75) is 13.8 Å². The molecule has 1 heterocycles. The fourth-order valence-electron chi connectivity index (χ4n) is 1.24. The van der Waals surface area contributed by atoms with E-state index in [0.717, 1.165) is 4.47 Å². The number of halogens is 1. The minimum absolute atomic E-state index is 0.0969. The summed E-state index contributed by atoms with van der Waals surface area (Å²) in [6.45, 7) is 3.75. The van der Waals surface area contributed by atoms with Gasteiger partial charge < -0.3 is 0 Å². The predicted octanol–water partition coefficient (Wildman–Crippen LogP) is 2.27. The van der Waals surface area contributed by atoms with Gasteiger partial charge in [0.05, 0.1) is 5.75 Å². The lowest BCUT2D eigenvalue weighted by Crippen LogP contribution is -2.31. The molecule has 0 N–H and O–H groups in total. The second kappa shape index (κ2) is 5.14. The first-order valence-electron chi connectivity index (χ1n) is 4.91. The molecule has 16 heavy (non-hydrogen) atoms. The van der Waals surface area contributed by atoms with Gasteiger partial charge in [0.2, 0.25) is 10.0 Å². The second-order valence-corrected chi connectivity index (χ2v) is 6.93. The molecule has 0 aliphatic heterocycles. The van der Waals surface area contributed by atoms with Gasteiger partial charge in [-0.05, 0) is 18.1 Å². The Labute approximate surface area is 105 Å². The van der Waals surface area contributed by atoms with Crippen LogP contribution in [0.4, 0.5) is 5.82 Å². The van der Waals surface area contributed by atoms with Crippen LogP contribution < -0.4 is 4.31 Å². The lowest BCUT2D eigenvalue weighted by molar-refractivity contribution is 0.580. The van der Waals surface area contributed by atoms with Crippen LogP contribution in [0.2, 0.25) is 0 Å². The highest BCUT2D eigenvalue weighted by atomic mass is 79.9. The maximum Gasteiger partial charge on any atom is 0.236 e. The number of rotatable bonds is 4. The number of hydrogen-bond donors (Lipinski definition) is 0. The summed E-state index contributed by atoms with van der Waals surface area (Å²) in [5.41, 5.74) is 0. The summed E-state index contributed by atoms with van der Waals surface area (Å²) in [4.78, 5) is 4.03. The van der Waals surface area contributed by atoms with Crippen LogP contribution in [-0.4, -0.2) is 26.2 Å². The summed E-state index contributed by atoms with van der Waals surface area (Å²) in [6, 6.07) is 3.43. The standard InChI is InChI=1S/C10H15BrN2O2S/c1-8(2)7-16(14,15)13(3)10-6-9(11)4-5-12-10/h4-6,8H,7H2,1-3H3. The van der Waals surface area contributed by atoms with E-state index in [4.69, 9.17) is 0 Å². The van der Waals surface area contributed by atoms with Crippen LogP contribution in [-0.2, 0) is 10.0 Å². The topological polar surface area (TPSA) is 50.3 Å². The van der Waals surface area contributed by atoms with Crippen molar-refractivity contribution < 1.29 is 8.42 Å². The molecule has 0 unspecified atom stereocenters. The predicted molar refractivity (Wildman–Crippen MR) is 69.0 cm³/mol. The minimum atomic E-state index is -3.28. The van der Waals surface area contributed by atoms with E-state index in [-0.39, 0.29) is 11.7 Å². The summed E-state index contributed by atoms with van der Waals surface area (Å²) in [5.74, 6) is 0.646. The van der Waals surface area contributed by atoms with Crippen molar-refractivity contribution in [3.63, 3.8) is 0 Å². The van der Waals surface area contributed by atoms with Gasteiger partial charge in [0.1, 0.15) is 5.82 Å². The van der Waals surface area contributed by atoms with Gasteiger partial charge in [-0.15, -0.1) is 0 Å². The maximum absolute atomic E-state index is 11.9. The Balaban J connectivity index is 2.98. The Morgan fingerprint density at radius 2 is 2.12 bits per heavy atom. The molecule has 0 spiro atoms. The first-order valence-corrected chi connectivity index (χ1v) is 7.31. The molecule has 0 amide bonds. The van der Waals surface area contributed by atoms with Crippen molar-refractivity contribution in [2.24, 2.45) is 5.92 Å². The summed E-state index contributed by atoms with van der Waals surface area (Å²) in [5, 5.41) is 0. The molecule has 0 bridgehead atoms. The molecular weight excluding hydrogens is 292 g/mol. The van der Waals surface area contributed by atoms with Gasteiger partial charge in [0.25, 0.3) is 0 Å². The molecule has 0 aliphatic rings. The van der Waals surface area contributed by atoms with Crippen molar-refractivity contribution in [3.8, 4) is 0 Å². The third kappa shape index (κ3) is 3.45. The Morgan fingerprint density at radius 1 is 1.50 bits per heavy atom. The van der Waals surface area contributed by atoms with Crippen molar-refractivity contribution in [1.29, 1.82) is 0 Å². The highest BCUT2D eigenvalue weighted by Crippen LogP contribution is 2.19. The zero-order valence-electron chi connectivity index (χ0n) is 9.51. The molecule has 90 valence electrons. The van der Waals surface area contributed by atoms with E-state index < -0.39 is 10.0 Å². The zero-order valence-corrected chi connectivity index (χ0v) is 11.9. The molecule has 0 saturated carbocycles. The van der Waals surface area contributed by atoms with Crippen LogP contribution in [0.15, 0.2) is 22.8 Å². The normalized spacial score (nSPS) is 11.8. The van der Waals surface area contributed by atoms with Gasteiger partial charge in [-0.25, -0.2) is 13.4 Å². The second-order valence-electron chi connectivity index (χ2n) is 3.97. The van der Waals surface area contributed by atoms with Crippen molar-refractivity contribution >= 4 is 31.8 Å². The van der Waals surface area contributed by atoms with Crippen LogP contribution in [0.25, 0.3) is 0 Å². The molecular formula is C10H15BrN2O2S. The number of sulfonamides is 1. The lowest BCUT2D eigenvalue weighted by Gasteiger charge is -2.19. The third-order valence-electron chi connectivity index (χ3n) is 1.99. The first kappa shape index (κ1) is 13.4. The Kier molecular flexibility index (Phi) is 4.32. The lowest BCUT2D eigenvalue weighted by atomic mass is 10.3. The van der Waals surface area contributed by atoms with E-state index in [1.54, 1.807) is 18.3 Å². The van der Waals surface area contributed by atoms with Crippen LogP contribution in [0.5, 0.6) is 0 Å². The van der Waals surface area contributed by atoms with Gasteiger partial charge in [0.15, 0.2) is 0 Å². The van der Waals surface area contributed by atoms with Gasteiger partial charge >= 0.3 is 0 Å². The summed E-state index contributed by atoms with van der Waals surface area (Å²) < 4.78 is 25.9. The molecule has 0 radical (unpaired) electrons. The molecule has 4 nitrogen and oxygen atoms in total. The largest absolute Gasteiger partial charge is 0.257 e. The Hall–Kier alpha value is -0.620. The van der Waals surface area contributed by atoms with Gasteiger partial charge in [-0.2, -0.15) is 0 Å². The third-order valence-corrected chi connectivity index (χ3v) is 4.59. The van der Waals surface area contributed by atoms with Crippen molar-refractivity contribution in [1.82, 2.24) is 4.98 Å². The maximum atomic E-state index is 11.9. The quantitative estimate of drug-likeness (QED) is 0.857. The van der Waals surface area contributed by atoms with Crippen molar-refractivity contribution in [3.05, 3.63) is 22.8 Å². The highest BCUT2D eigenvalue weighted by molar-refractivity contribution is 9.10.